The Labute approximate surface area is 123 Å². The van der Waals surface area contributed by atoms with E-state index in [4.69, 9.17) is 0 Å². The van der Waals surface area contributed by atoms with Crippen molar-refractivity contribution in [3.63, 3.8) is 0 Å². The summed E-state index contributed by atoms with van der Waals surface area (Å²) in [5.41, 5.74) is -0.744. The number of amides is 1. The van der Waals surface area contributed by atoms with Crippen molar-refractivity contribution in [3.05, 3.63) is 35.6 Å². The second-order valence-electron chi connectivity index (χ2n) is 5.70. The zero-order chi connectivity index (χ0) is 15.5. The van der Waals surface area contributed by atoms with Crippen LogP contribution in [0.1, 0.15) is 24.5 Å². The first-order valence-electron chi connectivity index (χ1n) is 7.02. The number of likely N-dealkylation sites (tertiary alicyclic amines) is 1. The van der Waals surface area contributed by atoms with Crippen molar-refractivity contribution in [3.8, 4) is 0 Å². The number of piperidine rings is 1. The molecule has 1 aromatic rings. The number of nitrogens with zero attached hydrogens (tertiary/aromatic N) is 1. The molecule has 3 N–H and O–H groups in total. The van der Waals surface area contributed by atoms with Crippen LogP contribution in [0.25, 0.3) is 0 Å². The number of nitrogens with one attached hydrogen (secondary N) is 1. The van der Waals surface area contributed by atoms with Crippen molar-refractivity contribution >= 4 is 5.91 Å². The van der Waals surface area contributed by atoms with E-state index < -0.39 is 23.4 Å². The minimum absolute atomic E-state index is 0.0893. The highest BCUT2D eigenvalue weighted by Gasteiger charge is 2.32. The predicted molar refractivity (Wildman–Crippen MR) is 76.1 cm³/mol. The van der Waals surface area contributed by atoms with Crippen molar-refractivity contribution in [2.45, 2.75) is 24.5 Å². The van der Waals surface area contributed by atoms with E-state index in [0.29, 0.717) is 12.8 Å². The summed E-state index contributed by atoms with van der Waals surface area (Å²) < 4.78 is 13.1. The van der Waals surface area contributed by atoms with Gasteiger partial charge in [-0.25, -0.2) is 4.39 Å². The summed E-state index contributed by atoms with van der Waals surface area (Å²) in [6.07, 6.45) is -0.296. The van der Waals surface area contributed by atoms with E-state index in [1.165, 1.54) is 18.2 Å². The van der Waals surface area contributed by atoms with Crippen LogP contribution in [-0.2, 0) is 4.79 Å². The molecule has 1 aromatic carbocycles. The normalized spacial score (nSPS) is 20.0. The molecule has 1 fully saturated rings. The summed E-state index contributed by atoms with van der Waals surface area (Å²) in [5, 5.41) is 22.8. The van der Waals surface area contributed by atoms with Crippen molar-refractivity contribution in [2.75, 3.05) is 26.7 Å². The summed E-state index contributed by atoms with van der Waals surface area (Å²) in [6, 6.07) is 5.28. The molecule has 1 aliphatic heterocycles. The summed E-state index contributed by atoms with van der Waals surface area (Å²) in [7, 11) is 1.98. The SMILES string of the molecule is CN1CCC(O)(CNC(=O)C(O)c2cccc(F)c2)CC1. The predicted octanol–water partition coefficient (Wildman–Crippen LogP) is 0.432. The summed E-state index contributed by atoms with van der Waals surface area (Å²) >= 11 is 0. The summed E-state index contributed by atoms with van der Waals surface area (Å²) in [4.78, 5) is 14.0. The van der Waals surface area contributed by atoms with Crippen molar-refractivity contribution in [1.82, 2.24) is 10.2 Å². The highest BCUT2D eigenvalue weighted by Crippen LogP contribution is 2.21. The van der Waals surface area contributed by atoms with Gasteiger partial charge in [-0.15, -0.1) is 0 Å². The lowest BCUT2D eigenvalue weighted by atomic mass is 9.91. The third kappa shape index (κ3) is 4.23. The van der Waals surface area contributed by atoms with E-state index in [9.17, 15) is 19.4 Å². The van der Waals surface area contributed by atoms with Gasteiger partial charge in [-0.3, -0.25) is 4.79 Å². The molecular weight excluding hydrogens is 275 g/mol. The molecule has 116 valence electrons. The molecule has 1 amide bonds. The van der Waals surface area contributed by atoms with Crippen LogP contribution in [0.3, 0.4) is 0 Å². The first-order valence-corrected chi connectivity index (χ1v) is 7.02. The molecule has 6 heteroatoms. The highest BCUT2D eigenvalue weighted by atomic mass is 19.1. The Morgan fingerprint density at radius 1 is 1.48 bits per heavy atom. The minimum atomic E-state index is -1.43. The number of hydrogen-bond donors (Lipinski definition) is 3. The molecule has 1 atom stereocenters. The minimum Gasteiger partial charge on any atom is -0.388 e. The Kier molecular flexibility index (Phi) is 4.92. The summed E-state index contributed by atoms with van der Waals surface area (Å²) in [5.74, 6) is -1.14. The standard InChI is InChI=1S/C15H21FN2O3/c1-18-7-5-15(21,6-8-18)10-17-14(20)13(19)11-3-2-4-12(16)9-11/h2-4,9,13,19,21H,5-8,10H2,1H3,(H,17,20). The molecule has 2 rings (SSSR count). The Morgan fingerprint density at radius 3 is 2.76 bits per heavy atom. The molecule has 0 saturated carbocycles. The Bertz CT molecular complexity index is 501. The molecule has 1 aliphatic rings. The van der Waals surface area contributed by atoms with Gasteiger partial charge >= 0.3 is 0 Å². The Morgan fingerprint density at radius 2 is 2.14 bits per heavy atom. The van der Waals surface area contributed by atoms with Crippen LogP contribution in [0.5, 0.6) is 0 Å². The maximum absolute atomic E-state index is 13.1. The first kappa shape index (κ1) is 15.9. The molecule has 0 aliphatic carbocycles. The molecule has 0 spiro atoms. The monoisotopic (exact) mass is 296 g/mol. The van der Waals surface area contributed by atoms with Gasteiger partial charge in [0.15, 0.2) is 6.10 Å². The van der Waals surface area contributed by atoms with Crippen LogP contribution >= 0.6 is 0 Å². The van der Waals surface area contributed by atoms with Gasteiger partial charge in [0.25, 0.3) is 5.91 Å². The van der Waals surface area contributed by atoms with Crippen molar-refractivity contribution < 1.29 is 19.4 Å². The van der Waals surface area contributed by atoms with Gasteiger partial charge in [0.1, 0.15) is 5.82 Å². The fourth-order valence-corrected chi connectivity index (χ4v) is 2.39. The van der Waals surface area contributed by atoms with Crippen LogP contribution in [0, 0.1) is 5.82 Å². The maximum atomic E-state index is 13.1. The van der Waals surface area contributed by atoms with Gasteiger partial charge in [0.2, 0.25) is 0 Å². The van der Waals surface area contributed by atoms with E-state index in [-0.39, 0.29) is 12.1 Å². The van der Waals surface area contributed by atoms with Gasteiger partial charge in [-0.2, -0.15) is 0 Å². The third-order valence-electron chi connectivity index (χ3n) is 3.92. The zero-order valence-corrected chi connectivity index (χ0v) is 12.1. The number of carbonyl (C=O) groups is 1. The molecule has 1 saturated heterocycles. The zero-order valence-electron chi connectivity index (χ0n) is 12.1. The van der Waals surface area contributed by atoms with Gasteiger partial charge in [-0.1, -0.05) is 12.1 Å². The molecule has 0 radical (unpaired) electrons. The molecule has 1 heterocycles. The van der Waals surface area contributed by atoms with E-state index in [1.54, 1.807) is 0 Å². The smallest absolute Gasteiger partial charge is 0.253 e. The fraction of sp³-hybridized carbons (Fsp3) is 0.533. The molecule has 1 unspecified atom stereocenters. The van der Waals surface area contributed by atoms with Crippen LogP contribution < -0.4 is 5.32 Å². The second-order valence-corrected chi connectivity index (χ2v) is 5.70. The Balaban J connectivity index is 1.89. The molecule has 0 aromatic heterocycles. The average Bonchev–Trinajstić information content (AvgIpc) is 2.47. The average molecular weight is 296 g/mol. The highest BCUT2D eigenvalue weighted by molar-refractivity contribution is 5.81. The quantitative estimate of drug-likeness (QED) is 0.753. The lowest BCUT2D eigenvalue weighted by Crippen LogP contribution is -2.50. The molecule has 21 heavy (non-hydrogen) atoms. The first-order chi connectivity index (χ1) is 9.89. The van der Waals surface area contributed by atoms with E-state index >= 15 is 0 Å². The van der Waals surface area contributed by atoms with Gasteiger partial charge < -0.3 is 20.4 Å². The number of aliphatic hydroxyl groups is 2. The topological polar surface area (TPSA) is 72.8 Å². The second kappa shape index (κ2) is 6.51. The summed E-state index contributed by atoms with van der Waals surface area (Å²) in [6.45, 7) is 1.61. The number of rotatable bonds is 4. The maximum Gasteiger partial charge on any atom is 0.253 e. The van der Waals surface area contributed by atoms with Crippen LogP contribution in [0.2, 0.25) is 0 Å². The fourth-order valence-electron chi connectivity index (χ4n) is 2.39. The van der Waals surface area contributed by atoms with E-state index in [0.717, 1.165) is 19.2 Å². The molecule has 5 nitrogen and oxygen atoms in total. The molecule has 0 bridgehead atoms. The number of hydrogen-bond acceptors (Lipinski definition) is 4. The third-order valence-corrected chi connectivity index (χ3v) is 3.92. The Hall–Kier alpha value is -1.50. The van der Waals surface area contributed by atoms with E-state index in [1.807, 2.05) is 7.05 Å². The van der Waals surface area contributed by atoms with E-state index in [2.05, 4.69) is 10.2 Å². The largest absolute Gasteiger partial charge is 0.388 e. The van der Waals surface area contributed by atoms with Crippen molar-refractivity contribution in [1.29, 1.82) is 0 Å². The van der Waals surface area contributed by atoms with Crippen LogP contribution in [-0.4, -0.2) is 53.3 Å². The number of benzene rings is 1. The number of halogens is 1. The lowest BCUT2D eigenvalue weighted by Gasteiger charge is -2.36. The lowest BCUT2D eigenvalue weighted by molar-refractivity contribution is -0.131. The number of carbonyl (C=O) groups excluding carboxylic acids is 1. The van der Waals surface area contributed by atoms with Crippen molar-refractivity contribution in [2.24, 2.45) is 0 Å². The van der Waals surface area contributed by atoms with Crippen LogP contribution in [0.15, 0.2) is 24.3 Å². The van der Waals surface area contributed by atoms with Gasteiger partial charge in [0, 0.05) is 19.6 Å². The number of aliphatic hydroxyl groups excluding tert-OH is 1. The molecular formula is C15H21FN2O3. The van der Waals surface area contributed by atoms with Crippen LogP contribution in [0.4, 0.5) is 4.39 Å². The van der Waals surface area contributed by atoms with Gasteiger partial charge in [-0.05, 0) is 37.6 Å². The van der Waals surface area contributed by atoms with Gasteiger partial charge in [0.05, 0.1) is 5.60 Å².